The van der Waals surface area contributed by atoms with E-state index in [-0.39, 0.29) is 29.7 Å². The zero-order valence-electron chi connectivity index (χ0n) is 25.4. The summed E-state index contributed by atoms with van der Waals surface area (Å²) in [7, 11) is 6.72. The maximum absolute atomic E-state index is 14.0. The summed E-state index contributed by atoms with van der Waals surface area (Å²) in [5.74, 6) is -5.60. The molecule has 0 bridgehead atoms. The minimum absolute atomic E-state index is 0.0293. The third kappa shape index (κ3) is 5.01. The number of aliphatic hydroxyl groups is 3. The molecule has 0 heterocycles. The molecule has 0 aromatic heterocycles. The van der Waals surface area contributed by atoms with Crippen molar-refractivity contribution in [2.45, 2.75) is 69.6 Å². The fourth-order valence-electron chi connectivity index (χ4n) is 8.07. The first-order valence-electron chi connectivity index (χ1n) is 15.1. The summed E-state index contributed by atoms with van der Waals surface area (Å²) < 4.78 is 5.86. The Balaban J connectivity index is 1.56. The van der Waals surface area contributed by atoms with Crippen molar-refractivity contribution in [3.05, 3.63) is 39.7 Å². The van der Waals surface area contributed by atoms with E-state index in [0.29, 0.717) is 23.8 Å². The number of methoxy groups -OCH3 is 1. The van der Waals surface area contributed by atoms with E-state index in [1.54, 1.807) is 14.1 Å². The van der Waals surface area contributed by atoms with E-state index in [2.05, 4.69) is 4.90 Å². The Morgan fingerprint density at radius 1 is 1.09 bits per heavy atom. The van der Waals surface area contributed by atoms with E-state index in [4.69, 9.17) is 10.5 Å². The van der Waals surface area contributed by atoms with Crippen LogP contribution in [0.25, 0.3) is 5.76 Å². The molecule has 4 aliphatic rings. The molecule has 6 N–H and O–H groups in total. The van der Waals surface area contributed by atoms with Crippen LogP contribution in [0.4, 0.5) is 0 Å². The fourth-order valence-corrected chi connectivity index (χ4v) is 8.07. The molecule has 0 aliphatic heterocycles. The third-order valence-electron chi connectivity index (χ3n) is 9.94. The molecular weight excluding hydrogens is 554 g/mol. The average Bonchev–Trinajstić information content (AvgIpc) is 3.19. The van der Waals surface area contributed by atoms with Crippen molar-refractivity contribution < 1.29 is 39.5 Å². The highest BCUT2D eigenvalue weighted by molar-refractivity contribution is 6.24. The van der Waals surface area contributed by atoms with E-state index < -0.39 is 58.0 Å². The Morgan fingerprint density at radius 2 is 1.74 bits per heavy atom. The number of carbonyl (C=O) groups excluding carboxylic acids is 3. The van der Waals surface area contributed by atoms with Gasteiger partial charge in [0.15, 0.2) is 11.4 Å². The van der Waals surface area contributed by atoms with Crippen LogP contribution in [0.3, 0.4) is 0 Å². The molecule has 0 radical (unpaired) electrons. The van der Waals surface area contributed by atoms with E-state index in [1.165, 1.54) is 56.6 Å². The number of Topliss-reactive ketones (excluding diaryl/α,β-unsaturated/α-hetero) is 2. The SMILES string of the molecule is COc1c(CN(C)CC2CCCCCC2)cc(O)c2c1C[C@H]1C[C@H]3[C@H](N(C)C)C(=O)C(C(N)=O)=C(O)[C@@]3(O)C(=O)C1=C2O. The maximum Gasteiger partial charge on any atom is 0.255 e. The van der Waals surface area contributed by atoms with Gasteiger partial charge in [0, 0.05) is 35.7 Å². The van der Waals surface area contributed by atoms with Gasteiger partial charge in [0.1, 0.15) is 28.6 Å². The number of phenols is 1. The number of ketones is 2. The lowest BCUT2D eigenvalue weighted by molar-refractivity contribution is -0.153. The Labute approximate surface area is 251 Å². The van der Waals surface area contributed by atoms with Crippen LogP contribution in [0, 0.1) is 17.8 Å². The van der Waals surface area contributed by atoms with Crippen molar-refractivity contribution in [3.63, 3.8) is 0 Å². The number of aromatic hydroxyl groups is 1. The normalized spacial score (nSPS) is 28.1. The standard InChI is InChI=1S/C32H43N3O8/c1-34(2)25-20-12-17-11-19-23(26(37)22(17)29(39)32(20,42)30(40)24(27(25)38)31(33)41)21(36)13-18(28(19)43-4)15-35(3)14-16-9-7-5-6-8-10-16/h13,16-17,20,25,36-37,40,42H,5-12,14-15H2,1-4H3,(H2,33,41)/t17-,20-,25-,32-/m0/s1. The summed E-state index contributed by atoms with van der Waals surface area (Å²) >= 11 is 0. The van der Waals surface area contributed by atoms with Crippen molar-refractivity contribution in [2.75, 3.05) is 34.8 Å². The molecule has 11 heteroatoms. The van der Waals surface area contributed by atoms with Crippen LogP contribution < -0.4 is 10.5 Å². The summed E-state index contributed by atoms with van der Waals surface area (Å²) in [6.07, 6.45) is 7.64. The van der Waals surface area contributed by atoms with E-state index >= 15 is 0 Å². The van der Waals surface area contributed by atoms with Crippen LogP contribution in [-0.4, -0.2) is 94.1 Å². The molecule has 2 saturated carbocycles. The first kappa shape index (κ1) is 31.0. The van der Waals surface area contributed by atoms with Gasteiger partial charge in [-0.3, -0.25) is 19.3 Å². The van der Waals surface area contributed by atoms with E-state index in [1.807, 2.05) is 7.05 Å². The Bertz CT molecular complexity index is 1410. The average molecular weight is 598 g/mol. The minimum Gasteiger partial charge on any atom is -0.508 e. The number of hydrogen-bond donors (Lipinski definition) is 5. The largest absolute Gasteiger partial charge is 0.508 e. The summed E-state index contributed by atoms with van der Waals surface area (Å²) in [6.45, 7) is 1.42. The highest BCUT2D eigenvalue weighted by atomic mass is 16.5. The molecule has 0 spiro atoms. The van der Waals surface area contributed by atoms with Gasteiger partial charge in [-0.05, 0) is 64.7 Å². The van der Waals surface area contributed by atoms with Gasteiger partial charge in [-0.25, -0.2) is 0 Å². The van der Waals surface area contributed by atoms with Crippen LogP contribution in [0.15, 0.2) is 23.0 Å². The number of carbonyl (C=O) groups is 3. The lowest BCUT2D eigenvalue weighted by atomic mass is 9.57. The summed E-state index contributed by atoms with van der Waals surface area (Å²) in [5, 5.41) is 45.4. The number of aliphatic hydroxyl groups excluding tert-OH is 2. The second-order valence-corrected chi connectivity index (χ2v) is 13.0. The number of primary amides is 1. The number of rotatable bonds is 7. The second kappa shape index (κ2) is 11.6. The first-order valence-corrected chi connectivity index (χ1v) is 15.1. The van der Waals surface area contributed by atoms with Crippen LogP contribution >= 0.6 is 0 Å². The van der Waals surface area contributed by atoms with Gasteiger partial charge < -0.3 is 35.8 Å². The van der Waals surface area contributed by atoms with E-state index in [9.17, 15) is 34.8 Å². The molecule has 1 aromatic rings. The van der Waals surface area contributed by atoms with E-state index in [0.717, 1.165) is 12.1 Å². The molecule has 1 amide bonds. The van der Waals surface area contributed by atoms with Crippen LogP contribution in [0.1, 0.15) is 61.6 Å². The highest BCUT2D eigenvalue weighted by Crippen LogP contribution is 2.54. The number of likely N-dealkylation sites (N-methyl/N-ethyl adjacent to an activating group) is 1. The van der Waals surface area contributed by atoms with Gasteiger partial charge in [-0.1, -0.05) is 25.7 Å². The van der Waals surface area contributed by atoms with Gasteiger partial charge in [0.25, 0.3) is 5.91 Å². The molecule has 2 fully saturated rings. The summed E-state index contributed by atoms with van der Waals surface area (Å²) in [6, 6.07) is 0.407. The van der Waals surface area contributed by atoms with Gasteiger partial charge in [-0.2, -0.15) is 0 Å². The molecule has 4 atom stereocenters. The van der Waals surface area contributed by atoms with Gasteiger partial charge in [0.2, 0.25) is 5.78 Å². The minimum atomic E-state index is -2.66. The van der Waals surface area contributed by atoms with Crippen molar-refractivity contribution in [1.29, 1.82) is 0 Å². The maximum atomic E-state index is 14.0. The zero-order chi connectivity index (χ0) is 31.4. The van der Waals surface area contributed by atoms with Crippen molar-refractivity contribution in [3.8, 4) is 11.5 Å². The Morgan fingerprint density at radius 3 is 2.33 bits per heavy atom. The number of hydrogen-bond acceptors (Lipinski definition) is 10. The number of nitrogens with zero attached hydrogens (tertiary/aromatic N) is 2. The topological polar surface area (TPSA) is 174 Å². The number of phenolic OH excluding ortho intramolecular Hbond substituents is 1. The number of ether oxygens (including phenoxy) is 1. The van der Waals surface area contributed by atoms with Crippen LogP contribution in [0.5, 0.6) is 11.5 Å². The fraction of sp³-hybridized carbons (Fsp3) is 0.594. The quantitative estimate of drug-likeness (QED) is 0.232. The molecule has 0 saturated heterocycles. The number of benzene rings is 1. The third-order valence-corrected chi connectivity index (χ3v) is 9.94. The Hall–Kier alpha value is -3.41. The van der Waals surface area contributed by atoms with Gasteiger partial charge in [-0.15, -0.1) is 0 Å². The molecule has 43 heavy (non-hydrogen) atoms. The van der Waals surface area contributed by atoms with Crippen molar-refractivity contribution >= 4 is 23.2 Å². The molecule has 1 aromatic carbocycles. The van der Waals surface area contributed by atoms with Gasteiger partial charge >= 0.3 is 0 Å². The molecular formula is C32H43N3O8. The summed E-state index contributed by atoms with van der Waals surface area (Å²) in [5.41, 5.74) is 3.03. The smallest absolute Gasteiger partial charge is 0.255 e. The predicted octanol–water partition coefficient (Wildman–Crippen LogP) is 2.37. The molecule has 5 rings (SSSR count). The van der Waals surface area contributed by atoms with Crippen LogP contribution in [-0.2, 0) is 27.3 Å². The number of nitrogens with two attached hydrogens (primary N) is 1. The highest BCUT2D eigenvalue weighted by Gasteiger charge is 2.64. The molecule has 0 unspecified atom stereocenters. The molecule has 234 valence electrons. The molecule has 4 aliphatic carbocycles. The second-order valence-electron chi connectivity index (χ2n) is 13.0. The predicted molar refractivity (Wildman–Crippen MR) is 158 cm³/mol. The summed E-state index contributed by atoms with van der Waals surface area (Å²) in [4.78, 5) is 43.2. The number of fused-ring (bicyclic) bond motifs is 3. The number of amides is 1. The lowest BCUT2D eigenvalue weighted by Gasteiger charge is -2.50. The monoisotopic (exact) mass is 597 g/mol. The first-order chi connectivity index (χ1) is 20.3. The van der Waals surface area contributed by atoms with Crippen molar-refractivity contribution in [1.82, 2.24) is 9.80 Å². The zero-order valence-corrected chi connectivity index (χ0v) is 25.4. The van der Waals surface area contributed by atoms with Crippen molar-refractivity contribution in [2.24, 2.45) is 23.5 Å². The van der Waals surface area contributed by atoms with Crippen LogP contribution in [0.2, 0.25) is 0 Å². The molecule has 11 nitrogen and oxygen atoms in total. The van der Waals surface area contributed by atoms with Gasteiger partial charge in [0.05, 0.1) is 18.7 Å². The Kier molecular flexibility index (Phi) is 8.36. The lowest BCUT2D eigenvalue weighted by Crippen LogP contribution is -2.65.